The summed E-state index contributed by atoms with van der Waals surface area (Å²) in [5.41, 5.74) is 0.543. The second-order valence-electron chi connectivity index (χ2n) is 4.50. The monoisotopic (exact) mass is 334 g/mol. The molecule has 0 bridgehead atoms. The fourth-order valence-electron chi connectivity index (χ4n) is 2.04. The van der Waals surface area contributed by atoms with Gasteiger partial charge in [0.25, 0.3) is 0 Å². The van der Waals surface area contributed by atoms with Gasteiger partial charge in [-0.25, -0.2) is 9.78 Å². The van der Waals surface area contributed by atoms with Crippen molar-refractivity contribution >= 4 is 40.6 Å². The second-order valence-corrected chi connectivity index (χ2v) is 4.89. The summed E-state index contributed by atoms with van der Waals surface area (Å²) in [6, 6.07) is 6.99. The zero-order valence-corrected chi connectivity index (χ0v) is 13.3. The number of ether oxygens (including phenoxy) is 2. The van der Waals surface area contributed by atoms with Crippen molar-refractivity contribution in [3.8, 4) is 0 Å². The van der Waals surface area contributed by atoms with Crippen molar-refractivity contribution in [3.05, 3.63) is 40.5 Å². The summed E-state index contributed by atoms with van der Waals surface area (Å²) >= 11 is 5.05. The SMILES string of the molecule is COC(=O)C/C(O)=C(\C(=O)OC)c1nc(=S)[nH]c2ccccc12. The number of fused-ring (bicyclic) bond motifs is 1. The standard InChI is InChI=1S/C15H14N2O5S/c1-21-11(19)7-10(18)12(14(20)22-2)13-8-5-3-4-6-9(8)16-15(23)17-13/h3-6,18H,7H2,1-2H3,(H,16,17,23)/b12-10+. The molecule has 0 saturated carbocycles. The number of methoxy groups -OCH3 is 2. The van der Waals surface area contributed by atoms with Crippen LogP contribution < -0.4 is 0 Å². The first-order valence-electron chi connectivity index (χ1n) is 6.54. The Morgan fingerprint density at radius 2 is 1.96 bits per heavy atom. The van der Waals surface area contributed by atoms with Crippen LogP contribution in [0.25, 0.3) is 16.5 Å². The third-order valence-corrected chi connectivity index (χ3v) is 3.28. The highest BCUT2D eigenvalue weighted by atomic mass is 32.1. The zero-order chi connectivity index (χ0) is 17.0. The number of esters is 2. The van der Waals surface area contributed by atoms with Crippen LogP contribution in [0.3, 0.4) is 0 Å². The van der Waals surface area contributed by atoms with Crippen LogP contribution in [-0.4, -0.2) is 41.2 Å². The van der Waals surface area contributed by atoms with Crippen molar-refractivity contribution in [1.29, 1.82) is 0 Å². The summed E-state index contributed by atoms with van der Waals surface area (Å²) in [5, 5.41) is 10.8. The summed E-state index contributed by atoms with van der Waals surface area (Å²) in [6.07, 6.45) is -0.484. The van der Waals surface area contributed by atoms with Crippen LogP contribution in [-0.2, 0) is 19.1 Å². The van der Waals surface area contributed by atoms with E-state index in [0.29, 0.717) is 10.9 Å². The second kappa shape index (κ2) is 7.01. The molecule has 1 heterocycles. The molecular formula is C15H14N2O5S. The van der Waals surface area contributed by atoms with Gasteiger partial charge in [0, 0.05) is 10.9 Å². The fourth-order valence-corrected chi connectivity index (χ4v) is 2.25. The lowest BCUT2D eigenvalue weighted by Gasteiger charge is -2.11. The summed E-state index contributed by atoms with van der Waals surface area (Å²) < 4.78 is 9.33. The first kappa shape index (κ1) is 16.6. The number of hydrogen-bond donors (Lipinski definition) is 2. The van der Waals surface area contributed by atoms with Gasteiger partial charge in [0.15, 0.2) is 4.77 Å². The number of hydrogen-bond acceptors (Lipinski definition) is 7. The minimum Gasteiger partial charge on any atom is -0.511 e. The Kier molecular flexibility index (Phi) is 5.07. The minimum absolute atomic E-state index is 0.131. The number of rotatable bonds is 4. The highest BCUT2D eigenvalue weighted by Gasteiger charge is 2.24. The fraction of sp³-hybridized carbons (Fsp3) is 0.200. The molecule has 2 N–H and O–H groups in total. The third kappa shape index (κ3) is 3.54. The first-order valence-corrected chi connectivity index (χ1v) is 6.95. The van der Waals surface area contributed by atoms with E-state index in [1.54, 1.807) is 24.3 Å². The van der Waals surface area contributed by atoms with Crippen LogP contribution in [0.2, 0.25) is 0 Å². The smallest absolute Gasteiger partial charge is 0.343 e. The van der Waals surface area contributed by atoms with E-state index in [1.165, 1.54) is 14.2 Å². The van der Waals surface area contributed by atoms with Gasteiger partial charge in [-0.3, -0.25) is 4.79 Å². The van der Waals surface area contributed by atoms with Gasteiger partial charge < -0.3 is 19.6 Å². The van der Waals surface area contributed by atoms with Gasteiger partial charge in [-0.2, -0.15) is 0 Å². The first-order chi connectivity index (χ1) is 11.0. The van der Waals surface area contributed by atoms with Gasteiger partial charge in [0.05, 0.1) is 19.9 Å². The molecule has 0 amide bonds. The van der Waals surface area contributed by atoms with Gasteiger partial charge in [0.2, 0.25) is 0 Å². The lowest BCUT2D eigenvalue weighted by Crippen LogP contribution is -2.12. The maximum absolute atomic E-state index is 12.1. The average Bonchev–Trinajstić information content (AvgIpc) is 2.54. The topological polar surface area (TPSA) is 102 Å². The molecule has 1 aromatic heterocycles. The molecule has 1 aromatic carbocycles. The summed E-state index contributed by atoms with van der Waals surface area (Å²) in [4.78, 5) is 30.5. The van der Waals surface area contributed by atoms with Crippen LogP contribution >= 0.6 is 12.2 Å². The summed E-state index contributed by atoms with van der Waals surface area (Å²) in [6.45, 7) is 0. The minimum atomic E-state index is -0.829. The molecule has 120 valence electrons. The van der Waals surface area contributed by atoms with Crippen molar-refractivity contribution in [3.63, 3.8) is 0 Å². The molecule has 0 fully saturated rings. The number of para-hydroxylation sites is 1. The van der Waals surface area contributed by atoms with E-state index in [2.05, 4.69) is 14.7 Å². The zero-order valence-electron chi connectivity index (χ0n) is 12.5. The lowest BCUT2D eigenvalue weighted by atomic mass is 10.0. The summed E-state index contributed by atoms with van der Waals surface area (Å²) in [7, 11) is 2.35. The van der Waals surface area contributed by atoms with Gasteiger partial charge in [-0.15, -0.1) is 0 Å². The average molecular weight is 334 g/mol. The molecular weight excluding hydrogens is 320 g/mol. The molecule has 0 unspecified atom stereocenters. The molecule has 2 aromatic rings. The molecule has 0 aliphatic heterocycles. The maximum Gasteiger partial charge on any atom is 0.343 e. The van der Waals surface area contributed by atoms with Gasteiger partial charge in [0.1, 0.15) is 17.8 Å². The number of benzene rings is 1. The number of aromatic nitrogens is 2. The number of aliphatic hydroxyl groups excluding tert-OH is 1. The van der Waals surface area contributed by atoms with Gasteiger partial charge >= 0.3 is 11.9 Å². The molecule has 0 radical (unpaired) electrons. The van der Waals surface area contributed by atoms with Crippen LogP contribution in [0.1, 0.15) is 12.1 Å². The molecule has 0 atom stereocenters. The number of aromatic amines is 1. The number of aliphatic hydroxyl groups is 1. The molecule has 0 aliphatic carbocycles. The van der Waals surface area contributed by atoms with Crippen molar-refractivity contribution in [2.75, 3.05) is 14.2 Å². The van der Waals surface area contributed by atoms with Gasteiger partial charge in [-0.05, 0) is 18.3 Å². The molecule has 2 rings (SSSR count). The Balaban J connectivity index is 2.75. The molecule has 8 heteroatoms. The van der Waals surface area contributed by atoms with Crippen molar-refractivity contribution < 1.29 is 24.2 Å². The third-order valence-electron chi connectivity index (χ3n) is 3.09. The van der Waals surface area contributed by atoms with Crippen molar-refractivity contribution in [1.82, 2.24) is 9.97 Å². The summed E-state index contributed by atoms with van der Waals surface area (Å²) in [5.74, 6) is -2.03. The van der Waals surface area contributed by atoms with Crippen LogP contribution in [0.15, 0.2) is 30.0 Å². The number of carbonyl (C=O) groups excluding carboxylic acids is 2. The van der Waals surface area contributed by atoms with Crippen molar-refractivity contribution in [2.24, 2.45) is 0 Å². The van der Waals surface area contributed by atoms with E-state index in [1.807, 2.05) is 0 Å². The molecule has 0 saturated heterocycles. The van der Waals surface area contributed by atoms with E-state index >= 15 is 0 Å². The van der Waals surface area contributed by atoms with Crippen molar-refractivity contribution in [2.45, 2.75) is 6.42 Å². The molecule has 23 heavy (non-hydrogen) atoms. The van der Waals surface area contributed by atoms with Crippen LogP contribution in [0.5, 0.6) is 0 Å². The molecule has 0 spiro atoms. The van der Waals surface area contributed by atoms with Crippen LogP contribution in [0, 0.1) is 4.77 Å². The highest BCUT2D eigenvalue weighted by molar-refractivity contribution is 7.71. The molecule has 0 aliphatic rings. The Morgan fingerprint density at radius 1 is 1.26 bits per heavy atom. The normalized spacial score (nSPS) is 11.7. The van der Waals surface area contributed by atoms with Gasteiger partial charge in [-0.1, -0.05) is 18.2 Å². The van der Waals surface area contributed by atoms with E-state index in [0.717, 1.165) is 0 Å². The maximum atomic E-state index is 12.1. The highest BCUT2D eigenvalue weighted by Crippen LogP contribution is 2.26. The van der Waals surface area contributed by atoms with E-state index in [-0.39, 0.29) is 16.0 Å². The Hall–Kier alpha value is -2.74. The Morgan fingerprint density at radius 3 is 2.61 bits per heavy atom. The predicted molar refractivity (Wildman–Crippen MR) is 85.1 cm³/mol. The number of H-pyrrole nitrogens is 1. The Labute approximate surface area is 136 Å². The van der Waals surface area contributed by atoms with Crippen LogP contribution in [0.4, 0.5) is 0 Å². The number of nitrogens with one attached hydrogen (secondary N) is 1. The largest absolute Gasteiger partial charge is 0.511 e. The quantitative estimate of drug-likeness (QED) is 0.383. The van der Waals surface area contributed by atoms with E-state index in [4.69, 9.17) is 17.0 Å². The molecule has 7 nitrogen and oxygen atoms in total. The Bertz CT molecular complexity index is 856. The lowest BCUT2D eigenvalue weighted by molar-refractivity contribution is -0.140. The van der Waals surface area contributed by atoms with E-state index in [9.17, 15) is 14.7 Å². The number of carbonyl (C=O) groups is 2. The van der Waals surface area contributed by atoms with E-state index < -0.39 is 24.1 Å². The predicted octanol–water partition coefficient (Wildman–Crippen LogP) is 2.30. The number of nitrogens with zero attached hydrogens (tertiary/aromatic N) is 1.